The van der Waals surface area contributed by atoms with Crippen LogP contribution in [0, 0.1) is 0 Å². The zero-order valence-corrected chi connectivity index (χ0v) is 16.2. The first-order valence-electron chi connectivity index (χ1n) is 6.64. The highest BCUT2D eigenvalue weighted by molar-refractivity contribution is 9.11. The maximum Gasteiger partial charge on any atom is 0.234 e. The lowest BCUT2D eigenvalue weighted by atomic mass is 10.3. The number of ether oxygens (including phenoxy) is 1. The van der Waals surface area contributed by atoms with E-state index in [-0.39, 0.29) is 29.5 Å². The Balaban J connectivity index is 1.91. The lowest BCUT2D eigenvalue weighted by Crippen LogP contribution is -2.58. The number of rotatable bonds is 5. The summed E-state index contributed by atoms with van der Waals surface area (Å²) in [6.45, 7) is 0. The molecular weight excluding hydrogens is 452 g/mol. The highest BCUT2D eigenvalue weighted by atomic mass is 79.9. The molecule has 1 aromatic carbocycles. The second-order valence-electron chi connectivity index (χ2n) is 4.75. The van der Waals surface area contributed by atoms with Gasteiger partial charge in [-0.25, -0.2) is 0 Å². The fourth-order valence-electron chi connectivity index (χ4n) is 1.91. The van der Waals surface area contributed by atoms with Gasteiger partial charge < -0.3 is 21.1 Å². The second kappa shape index (κ2) is 8.34. The van der Waals surface area contributed by atoms with Gasteiger partial charge in [0.05, 0.1) is 31.1 Å². The number of hydrogen-bond donors (Lipinski definition) is 4. The molecule has 0 saturated carbocycles. The van der Waals surface area contributed by atoms with Gasteiger partial charge in [0.1, 0.15) is 11.2 Å². The molecule has 2 rings (SSSR count). The Kier molecular flexibility index (Phi) is 6.72. The van der Waals surface area contributed by atoms with Crippen LogP contribution in [0.3, 0.4) is 0 Å². The smallest absolute Gasteiger partial charge is 0.234 e. The van der Waals surface area contributed by atoms with Gasteiger partial charge in [-0.15, -0.1) is 11.8 Å². The van der Waals surface area contributed by atoms with Gasteiger partial charge in [0.25, 0.3) is 0 Å². The summed E-state index contributed by atoms with van der Waals surface area (Å²) in [5, 5.41) is 8.53. The van der Waals surface area contributed by atoms with E-state index in [9.17, 15) is 9.59 Å². The van der Waals surface area contributed by atoms with E-state index in [1.165, 1.54) is 11.8 Å². The predicted octanol–water partition coefficient (Wildman–Crippen LogP) is 1.57. The van der Waals surface area contributed by atoms with E-state index < -0.39 is 6.17 Å². The summed E-state index contributed by atoms with van der Waals surface area (Å²) >= 11 is 8.05. The molecule has 126 valence electrons. The number of benzene rings is 1. The number of anilines is 1. The number of nitrogens with two attached hydrogens (primary N) is 1. The van der Waals surface area contributed by atoms with Crippen LogP contribution in [0.2, 0.25) is 0 Å². The molecule has 1 aliphatic heterocycles. The number of amides is 2. The maximum absolute atomic E-state index is 12.1. The van der Waals surface area contributed by atoms with E-state index in [2.05, 4.69) is 47.8 Å². The number of thioether (sulfide) groups is 1. The zero-order chi connectivity index (χ0) is 17.0. The Morgan fingerprint density at radius 1 is 1.48 bits per heavy atom. The quantitative estimate of drug-likeness (QED) is 0.523. The molecule has 1 saturated heterocycles. The van der Waals surface area contributed by atoms with Crippen LogP contribution in [0.4, 0.5) is 5.69 Å². The third-order valence-electron chi connectivity index (χ3n) is 2.96. The minimum absolute atomic E-state index is 0.130. The molecule has 10 heteroatoms. The van der Waals surface area contributed by atoms with Crippen LogP contribution < -0.4 is 26.4 Å². The first-order valence-corrected chi connectivity index (χ1v) is 9.28. The molecule has 1 fully saturated rings. The lowest BCUT2D eigenvalue weighted by Gasteiger charge is -2.28. The average molecular weight is 468 g/mol. The topological polar surface area (TPSA) is 105 Å². The number of carbonyl (C=O) groups is 2. The summed E-state index contributed by atoms with van der Waals surface area (Å²) in [6.07, 6.45) is -0.163. The average Bonchev–Trinajstić information content (AvgIpc) is 2.47. The molecule has 0 bridgehead atoms. The van der Waals surface area contributed by atoms with Crippen molar-refractivity contribution in [3.63, 3.8) is 0 Å². The van der Waals surface area contributed by atoms with Crippen molar-refractivity contribution in [3.05, 3.63) is 21.1 Å². The SMILES string of the molecule is COc1cc(Br)c(NC(=O)CSC2NC(=O)CC(N)N2)c(Br)c1. The van der Waals surface area contributed by atoms with Gasteiger partial charge in [0.15, 0.2) is 0 Å². The fraction of sp³-hybridized carbons (Fsp3) is 0.385. The molecule has 1 heterocycles. The van der Waals surface area contributed by atoms with E-state index in [1.807, 2.05) is 0 Å². The molecular formula is C13H16Br2N4O3S. The molecule has 2 amide bonds. The molecule has 2 atom stereocenters. The van der Waals surface area contributed by atoms with Gasteiger partial charge in [-0.05, 0) is 44.0 Å². The van der Waals surface area contributed by atoms with Crippen LogP contribution in [0.15, 0.2) is 21.1 Å². The van der Waals surface area contributed by atoms with E-state index in [1.54, 1.807) is 19.2 Å². The molecule has 0 aromatic heterocycles. The van der Waals surface area contributed by atoms with Crippen molar-refractivity contribution in [2.24, 2.45) is 5.73 Å². The van der Waals surface area contributed by atoms with Crippen LogP contribution in [-0.2, 0) is 9.59 Å². The maximum atomic E-state index is 12.1. The van der Waals surface area contributed by atoms with Crippen LogP contribution in [-0.4, -0.2) is 36.3 Å². The molecule has 0 aliphatic carbocycles. The van der Waals surface area contributed by atoms with Crippen LogP contribution in [0.25, 0.3) is 0 Å². The van der Waals surface area contributed by atoms with Gasteiger partial charge in [-0.3, -0.25) is 14.9 Å². The van der Waals surface area contributed by atoms with Crippen molar-refractivity contribution in [3.8, 4) is 5.75 Å². The predicted molar refractivity (Wildman–Crippen MR) is 97.1 cm³/mol. The molecule has 0 radical (unpaired) electrons. The normalized spacial score (nSPS) is 20.8. The molecule has 23 heavy (non-hydrogen) atoms. The Labute approximate surface area is 154 Å². The standard InChI is InChI=1S/C13H16Br2N4O3S/c1-22-6-2-7(14)12(8(15)3-6)18-11(21)5-23-13-17-9(16)4-10(20)19-13/h2-3,9,13,17H,4-5,16H2,1H3,(H,18,21)(H,19,20). The van der Waals surface area contributed by atoms with Crippen molar-refractivity contribution in [1.82, 2.24) is 10.6 Å². The minimum atomic E-state index is -0.394. The van der Waals surface area contributed by atoms with Crippen LogP contribution in [0.5, 0.6) is 5.75 Å². The van der Waals surface area contributed by atoms with Crippen molar-refractivity contribution in [2.45, 2.75) is 18.1 Å². The number of hydrogen-bond acceptors (Lipinski definition) is 6. The molecule has 2 unspecified atom stereocenters. The second-order valence-corrected chi connectivity index (χ2v) is 7.55. The third-order valence-corrected chi connectivity index (χ3v) is 5.23. The summed E-state index contributed by atoms with van der Waals surface area (Å²) in [5.74, 6) is 0.501. The van der Waals surface area contributed by atoms with Crippen molar-refractivity contribution in [1.29, 1.82) is 0 Å². The molecule has 1 aromatic rings. The zero-order valence-electron chi connectivity index (χ0n) is 12.2. The van der Waals surface area contributed by atoms with Gasteiger partial charge >= 0.3 is 0 Å². The highest BCUT2D eigenvalue weighted by Gasteiger charge is 2.24. The Hall–Kier alpha value is -0.810. The molecule has 7 nitrogen and oxygen atoms in total. The van der Waals surface area contributed by atoms with E-state index in [0.29, 0.717) is 20.4 Å². The summed E-state index contributed by atoms with van der Waals surface area (Å²) in [6, 6.07) is 3.52. The van der Waals surface area contributed by atoms with Crippen molar-refractivity contribution in [2.75, 3.05) is 18.2 Å². The van der Waals surface area contributed by atoms with Gasteiger partial charge in [-0.1, -0.05) is 0 Å². The van der Waals surface area contributed by atoms with Crippen LogP contribution >= 0.6 is 43.6 Å². The first kappa shape index (κ1) is 18.5. The first-order chi connectivity index (χ1) is 10.9. The Morgan fingerprint density at radius 3 is 2.70 bits per heavy atom. The number of halogens is 2. The van der Waals surface area contributed by atoms with Gasteiger partial charge in [0.2, 0.25) is 11.8 Å². The minimum Gasteiger partial charge on any atom is -0.497 e. The third kappa shape index (κ3) is 5.35. The lowest BCUT2D eigenvalue weighted by molar-refractivity contribution is -0.123. The summed E-state index contributed by atoms with van der Waals surface area (Å²) in [7, 11) is 1.57. The summed E-state index contributed by atoms with van der Waals surface area (Å²) in [4.78, 5) is 23.5. The van der Waals surface area contributed by atoms with Gasteiger partial charge in [-0.2, -0.15) is 0 Å². The van der Waals surface area contributed by atoms with Crippen molar-refractivity contribution >= 4 is 61.1 Å². The van der Waals surface area contributed by atoms with Crippen LogP contribution in [0.1, 0.15) is 6.42 Å². The molecule has 0 spiro atoms. The number of carbonyl (C=O) groups excluding carboxylic acids is 2. The highest BCUT2D eigenvalue weighted by Crippen LogP contribution is 2.35. The summed E-state index contributed by atoms with van der Waals surface area (Å²) in [5.41, 5.74) is 5.95. The molecule has 1 aliphatic rings. The Bertz CT molecular complexity index is 594. The van der Waals surface area contributed by atoms with E-state index in [4.69, 9.17) is 10.5 Å². The van der Waals surface area contributed by atoms with Crippen molar-refractivity contribution < 1.29 is 14.3 Å². The number of methoxy groups -OCH3 is 1. The van der Waals surface area contributed by atoms with E-state index >= 15 is 0 Å². The summed E-state index contributed by atoms with van der Waals surface area (Å²) < 4.78 is 6.55. The van der Waals surface area contributed by atoms with Gasteiger partial charge in [0, 0.05) is 8.95 Å². The largest absolute Gasteiger partial charge is 0.497 e. The number of nitrogens with one attached hydrogen (secondary N) is 3. The fourth-order valence-corrected chi connectivity index (χ4v) is 4.13. The monoisotopic (exact) mass is 466 g/mol. The molecule has 5 N–H and O–H groups in total. The van der Waals surface area contributed by atoms with E-state index in [0.717, 1.165) is 0 Å². The Morgan fingerprint density at radius 2 is 2.13 bits per heavy atom.